The maximum absolute atomic E-state index is 15.1. The molecule has 2 fully saturated rings. The van der Waals surface area contributed by atoms with E-state index in [0.29, 0.717) is 24.8 Å². The maximum atomic E-state index is 15.1. The van der Waals surface area contributed by atoms with Crippen LogP contribution in [0.2, 0.25) is 0 Å². The quantitative estimate of drug-likeness (QED) is 0.156. The van der Waals surface area contributed by atoms with Gasteiger partial charge in [0.05, 0.1) is 19.8 Å². The Labute approximate surface area is 258 Å². The summed E-state index contributed by atoms with van der Waals surface area (Å²) in [7, 11) is -0.0817. The van der Waals surface area contributed by atoms with Crippen molar-refractivity contribution >= 4 is 30.2 Å². The van der Waals surface area contributed by atoms with Crippen LogP contribution in [0.1, 0.15) is 78.7 Å². The molecule has 0 radical (unpaired) electrons. The minimum Gasteiger partial charge on any atom is -0.479 e. The van der Waals surface area contributed by atoms with Gasteiger partial charge in [0.15, 0.2) is 18.2 Å². The number of carbonyl (C=O) groups is 3. The molecule has 242 valence electrons. The first-order valence-electron chi connectivity index (χ1n) is 15.3. The third kappa shape index (κ3) is 6.73. The maximum Gasteiger partial charge on any atom is 0.494 e. The number of hydroxylamine groups is 1. The van der Waals surface area contributed by atoms with Gasteiger partial charge in [0, 0.05) is 28.8 Å². The van der Waals surface area contributed by atoms with Crippen molar-refractivity contribution in [2.24, 2.45) is 28.1 Å². The minimum absolute atomic E-state index is 0.00972. The number of benzene rings is 1. The van der Waals surface area contributed by atoms with Gasteiger partial charge in [0.25, 0.3) is 5.91 Å². The van der Waals surface area contributed by atoms with Gasteiger partial charge >= 0.3 is 13.1 Å². The van der Waals surface area contributed by atoms with E-state index in [9.17, 15) is 24.5 Å². The molecule has 0 spiro atoms. The number of hydrogen-bond acceptors (Lipinski definition) is 9. The largest absolute Gasteiger partial charge is 0.494 e. The number of ether oxygens (including phenoxy) is 2. The van der Waals surface area contributed by atoms with E-state index >= 15 is 4.39 Å². The summed E-state index contributed by atoms with van der Waals surface area (Å²) >= 11 is 0. The van der Waals surface area contributed by atoms with Crippen LogP contribution in [0.3, 0.4) is 0 Å². The molecule has 3 aliphatic rings. The zero-order valence-electron chi connectivity index (χ0n) is 26.5. The topological polar surface area (TPSA) is 141 Å². The number of carbonyl (C=O) groups excluding carboxylic acids is 3. The highest BCUT2D eigenvalue weighted by Crippen LogP contribution is 2.62. The molecule has 44 heavy (non-hydrogen) atoms. The first kappa shape index (κ1) is 34.1. The van der Waals surface area contributed by atoms with Crippen molar-refractivity contribution in [3.63, 3.8) is 0 Å². The Morgan fingerprint density at radius 2 is 1.98 bits per heavy atom. The fraction of sp³-hybridized carbons (Fsp3) is 0.656. The van der Waals surface area contributed by atoms with Crippen molar-refractivity contribution < 1.29 is 47.9 Å². The molecule has 7 atom stereocenters. The smallest absolute Gasteiger partial charge is 0.479 e. The molecule has 0 unspecified atom stereocenters. The number of ketones is 1. The highest BCUT2D eigenvalue weighted by atomic mass is 19.1. The van der Waals surface area contributed by atoms with Gasteiger partial charge in [-0.2, -0.15) is 0 Å². The highest BCUT2D eigenvalue weighted by molar-refractivity contribution is 6.61. The van der Waals surface area contributed by atoms with Crippen LogP contribution in [0, 0.1) is 33.9 Å². The second-order valence-electron chi connectivity index (χ2n) is 13.5. The molecule has 2 bridgehead atoms. The van der Waals surface area contributed by atoms with E-state index in [4.69, 9.17) is 19.0 Å². The number of esters is 1. The second kappa shape index (κ2) is 13.3. The number of fused-ring (bicyclic) bond motifs is 3. The fourth-order valence-corrected chi connectivity index (χ4v) is 7.64. The molecule has 1 aliphatic heterocycles. The summed E-state index contributed by atoms with van der Waals surface area (Å²) in [6.07, 6.45) is 4.74. The predicted molar refractivity (Wildman–Crippen MR) is 160 cm³/mol. The van der Waals surface area contributed by atoms with Crippen LogP contribution in [0.4, 0.5) is 4.39 Å². The lowest BCUT2D eigenvalue weighted by Crippen LogP contribution is -2.58. The van der Waals surface area contributed by atoms with Crippen molar-refractivity contribution in [2.45, 2.75) is 92.0 Å². The monoisotopic (exact) mass is 617 g/mol. The minimum atomic E-state index is -1.41. The van der Waals surface area contributed by atoms with Gasteiger partial charge in [0.1, 0.15) is 11.9 Å². The van der Waals surface area contributed by atoms with Crippen LogP contribution in [-0.4, -0.2) is 60.8 Å². The summed E-state index contributed by atoms with van der Waals surface area (Å²) in [6, 6.07) is 2.97. The highest BCUT2D eigenvalue weighted by Gasteiger charge is 2.59. The Balaban J connectivity index is 1.65. The summed E-state index contributed by atoms with van der Waals surface area (Å²) in [5.41, 5.74) is 0.796. The number of nitrogens with one attached hydrogen (secondary N) is 1. The Bertz CT molecular complexity index is 1290. The molecule has 2 saturated carbocycles. The van der Waals surface area contributed by atoms with Gasteiger partial charge in [-0.1, -0.05) is 39.8 Å². The van der Waals surface area contributed by atoms with Gasteiger partial charge in [0.2, 0.25) is 0 Å². The Hall–Kier alpha value is -2.80. The van der Waals surface area contributed by atoms with Crippen molar-refractivity contribution in [3.8, 4) is 5.75 Å². The third-order valence-electron chi connectivity index (χ3n) is 10.7. The van der Waals surface area contributed by atoms with E-state index in [0.717, 1.165) is 12.8 Å². The summed E-state index contributed by atoms with van der Waals surface area (Å²) in [5, 5.41) is 21.9. The Morgan fingerprint density at radius 3 is 2.66 bits per heavy atom. The SMILES string of the molecule is CONC(=O)/C=C/[C@]1(C)C[C@@H](OC(=O)COc2ccc3c(c2F)B(O)OC3)[C@@]2(C)C[C@](CCC(C)=O)(CC[C@H]2C)[C@@H](C)[C@@H]1O. The van der Waals surface area contributed by atoms with Crippen molar-refractivity contribution in [1.82, 2.24) is 5.48 Å². The van der Waals surface area contributed by atoms with Crippen molar-refractivity contribution in [1.29, 1.82) is 0 Å². The van der Waals surface area contributed by atoms with Crippen LogP contribution in [0.5, 0.6) is 5.75 Å². The molecule has 0 saturated heterocycles. The average molecular weight is 618 g/mol. The van der Waals surface area contributed by atoms with Crippen LogP contribution in [0.15, 0.2) is 24.3 Å². The van der Waals surface area contributed by atoms with Crippen molar-refractivity contribution in [3.05, 3.63) is 35.7 Å². The molecular formula is C32H45BFNO9. The molecule has 1 heterocycles. The molecule has 4 rings (SSSR count). The third-order valence-corrected chi connectivity index (χ3v) is 10.7. The summed E-state index contributed by atoms with van der Waals surface area (Å²) < 4.78 is 31.8. The van der Waals surface area contributed by atoms with Crippen molar-refractivity contribution in [2.75, 3.05) is 13.7 Å². The molecule has 2 aliphatic carbocycles. The van der Waals surface area contributed by atoms with Gasteiger partial charge in [-0.15, -0.1) is 0 Å². The first-order valence-corrected chi connectivity index (χ1v) is 15.3. The Morgan fingerprint density at radius 1 is 1.25 bits per heavy atom. The van der Waals surface area contributed by atoms with E-state index in [1.807, 2.05) is 13.8 Å². The zero-order chi connectivity index (χ0) is 32.4. The standard InChI is InChI=1S/C32H45BFNO9/c1-19-9-13-32(14-10-20(2)36)18-31(19,5)24(15-30(4,29(39)21(32)3)12-11-25(37)35-41-6)44-26(38)17-42-23-8-7-22-16-43-33(40)27(22)28(23)34/h7-8,11-12,19,21,24,29,39-40H,9-10,13-18H2,1-6H3,(H,35,37)/b12-11+/t19-,21+,24-,29+,30-,31+,32-/m1/s1. The average Bonchev–Trinajstić information content (AvgIpc) is 3.36. The number of Topliss-reactive ketones (excluding diaryl/α,β-unsaturated/α-hetero) is 1. The van der Waals surface area contributed by atoms with E-state index in [1.54, 1.807) is 19.1 Å². The lowest BCUT2D eigenvalue weighted by molar-refractivity contribution is -0.190. The number of aliphatic hydroxyl groups is 1. The predicted octanol–water partition coefficient (Wildman–Crippen LogP) is 3.16. The Kier molecular flexibility index (Phi) is 10.3. The lowest BCUT2D eigenvalue weighted by Gasteiger charge is -2.60. The summed E-state index contributed by atoms with van der Waals surface area (Å²) in [6.45, 7) is 9.12. The van der Waals surface area contributed by atoms with E-state index in [2.05, 4.69) is 19.3 Å². The van der Waals surface area contributed by atoms with E-state index < -0.39 is 59.9 Å². The van der Waals surface area contributed by atoms with Gasteiger partial charge in [-0.3, -0.25) is 9.63 Å². The zero-order valence-corrected chi connectivity index (χ0v) is 26.5. The number of aliphatic hydroxyl groups excluding tert-OH is 1. The van der Waals surface area contributed by atoms with Crippen LogP contribution in [0.25, 0.3) is 0 Å². The molecule has 1 aromatic carbocycles. The lowest BCUT2D eigenvalue weighted by atomic mass is 9.47. The van der Waals surface area contributed by atoms with E-state index in [1.165, 1.54) is 19.3 Å². The summed E-state index contributed by atoms with van der Waals surface area (Å²) in [5.74, 6) is -2.24. The number of hydrogen-bond donors (Lipinski definition) is 3. The molecular weight excluding hydrogens is 572 g/mol. The summed E-state index contributed by atoms with van der Waals surface area (Å²) in [4.78, 5) is 42.5. The molecule has 0 aromatic heterocycles. The molecule has 10 nitrogen and oxygen atoms in total. The fourth-order valence-electron chi connectivity index (χ4n) is 7.64. The number of amides is 1. The molecule has 1 amide bonds. The van der Waals surface area contributed by atoms with Gasteiger partial charge in [-0.25, -0.2) is 14.7 Å². The first-order chi connectivity index (χ1) is 20.7. The van der Waals surface area contributed by atoms with Crippen LogP contribution in [-0.2, 0) is 35.2 Å². The molecule has 1 aromatic rings. The second-order valence-corrected chi connectivity index (χ2v) is 13.5. The van der Waals surface area contributed by atoms with E-state index in [-0.39, 0.29) is 41.9 Å². The van der Waals surface area contributed by atoms with Gasteiger partial charge in [-0.05, 0) is 67.9 Å². The molecule has 12 heteroatoms. The van der Waals surface area contributed by atoms with Crippen LogP contribution < -0.4 is 15.7 Å². The normalized spacial score (nSPS) is 33.3. The van der Waals surface area contributed by atoms with Crippen LogP contribution >= 0.6 is 0 Å². The number of halogens is 1. The number of rotatable bonds is 10. The molecule has 3 N–H and O–H groups in total. The van der Waals surface area contributed by atoms with Gasteiger partial charge < -0.3 is 29.1 Å².